The van der Waals surface area contributed by atoms with Crippen LogP contribution in [0.1, 0.15) is 17.3 Å². The van der Waals surface area contributed by atoms with Crippen LogP contribution in [0.15, 0.2) is 24.4 Å². The van der Waals surface area contributed by atoms with Crippen molar-refractivity contribution in [2.45, 2.75) is 20.1 Å². The van der Waals surface area contributed by atoms with Crippen LogP contribution in [0, 0.1) is 5.82 Å². The Bertz CT molecular complexity index is 626. The van der Waals surface area contributed by atoms with E-state index in [1.807, 2.05) is 6.92 Å². The summed E-state index contributed by atoms with van der Waals surface area (Å²) in [5.41, 5.74) is 0.538. The first kappa shape index (κ1) is 14.1. The molecule has 0 saturated carbocycles. The third kappa shape index (κ3) is 2.81. The van der Waals surface area contributed by atoms with Crippen LogP contribution in [0.25, 0.3) is 11.3 Å². The number of benzene rings is 1. The molecular formula is C13H11F3N2O2. The zero-order chi connectivity index (χ0) is 14.7. The molecule has 0 aliphatic carbocycles. The molecule has 106 valence electrons. The first-order valence-corrected chi connectivity index (χ1v) is 5.82. The zero-order valence-electron chi connectivity index (χ0n) is 10.5. The average Bonchev–Trinajstić information content (AvgIpc) is 2.81. The van der Waals surface area contributed by atoms with Gasteiger partial charge in [-0.05, 0) is 19.1 Å². The maximum absolute atomic E-state index is 13.1. The normalized spacial score (nSPS) is 10.8. The van der Waals surface area contributed by atoms with Crippen LogP contribution < -0.4 is 4.74 Å². The van der Waals surface area contributed by atoms with Crippen molar-refractivity contribution in [1.29, 1.82) is 0 Å². The van der Waals surface area contributed by atoms with Gasteiger partial charge in [0.1, 0.15) is 17.3 Å². The Morgan fingerprint density at radius 1 is 1.45 bits per heavy atom. The molecule has 0 aliphatic rings. The summed E-state index contributed by atoms with van der Waals surface area (Å²) in [4.78, 5) is 11.0. The van der Waals surface area contributed by atoms with E-state index in [9.17, 15) is 18.0 Å². The van der Waals surface area contributed by atoms with Crippen molar-refractivity contribution >= 4 is 6.29 Å². The minimum atomic E-state index is -3.09. The van der Waals surface area contributed by atoms with Gasteiger partial charge in [-0.3, -0.25) is 9.48 Å². The molecule has 0 aliphatic heterocycles. The van der Waals surface area contributed by atoms with Crippen molar-refractivity contribution in [1.82, 2.24) is 9.78 Å². The van der Waals surface area contributed by atoms with Crippen molar-refractivity contribution in [3.05, 3.63) is 35.8 Å². The van der Waals surface area contributed by atoms with Crippen molar-refractivity contribution in [3.8, 4) is 17.0 Å². The Kier molecular flexibility index (Phi) is 4.07. The van der Waals surface area contributed by atoms with E-state index in [0.717, 1.165) is 12.1 Å². The topological polar surface area (TPSA) is 44.1 Å². The number of carbonyl (C=O) groups is 1. The fraction of sp³-hybridized carbons (Fsp3) is 0.231. The van der Waals surface area contributed by atoms with Gasteiger partial charge >= 0.3 is 6.61 Å². The summed E-state index contributed by atoms with van der Waals surface area (Å²) in [6, 6.07) is 3.18. The fourth-order valence-electron chi connectivity index (χ4n) is 1.78. The van der Waals surface area contributed by atoms with Crippen LogP contribution in [-0.2, 0) is 6.54 Å². The fourth-order valence-corrected chi connectivity index (χ4v) is 1.78. The molecule has 0 atom stereocenters. The average molecular weight is 284 g/mol. The zero-order valence-corrected chi connectivity index (χ0v) is 10.5. The molecule has 0 spiro atoms. The molecule has 0 amide bonds. The Morgan fingerprint density at radius 2 is 2.20 bits per heavy atom. The van der Waals surface area contributed by atoms with Gasteiger partial charge in [-0.1, -0.05) is 0 Å². The molecule has 0 saturated heterocycles. The molecule has 0 N–H and O–H groups in total. The monoisotopic (exact) mass is 284 g/mol. The number of ether oxygens (including phenoxy) is 1. The maximum Gasteiger partial charge on any atom is 0.387 e. The number of aromatic nitrogens is 2. The number of alkyl halides is 2. The molecule has 0 unspecified atom stereocenters. The largest absolute Gasteiger partial charge is 0.434 e. The molecule has 2 aromatic rings. The lowest BCUT2D eigenvalue weighted by atomic mass is 10.1. The van der Waals surface area contributed by atoms with E-state index in [1.165, 1.54) is 16.9 Å². The van der Waals surface area contributed by atoms with Gasteiger partial charge in [0.2, 0.25) is 0 Å². The standard InChI is InChI=1S/C13H11F3N2O2/c1-2-18-6-8(7-19)12(17-18)10-4-3-9(14)5-11(10)20-13(15)16/h3-7,13H,2H2,1H3. The summed E-state index contributed by atoms with van der Waals surface area (Å²) < 4.78 is 43.6. The minimum absolute atomic E-state index is 0.140. The number of rotatable bonds is 5. The molecule has 20 heavy (non-hydrogen) atoms. The predicted octanol–water partition coefficient (Wildman–Crippen LogP) is 3.12. The van der Waals surface area contributed by atoms with E-state index in [2.05, 4.69) is 9.84 Å². The van der Waals surface area contributed by atoms with Crippen LogP contribution in [0.5, 0.6) is 5.75 Å². The molecule has 2 rings (SSSR count). The number of carbonyl (C=O) groups excluding carboxylic acids is 1. The molecule has 0 bridgehead atoms. The summed E-state index contributed by atoms with van der Waals surface area (Å²) in [5, 5.41) is 4.11. The van der Waals surface area contributed by atoms with E-state index in [-0.39, 0.29) is 22.6 Å². The summed E-state index contributed by atoms with van der Waals surface area (Å²) in [5.74, 6) is -1.07. The second-order valence-electron chi connectivity index (χ2n) is 3.93. The Balaban J connectivity index is 2.56. The van der Waals surface area contributed by atoms with Gasteiger partial charge in [-0.2, -0.15) is 13.9 Å². The Hall–Kier alpha value is -2.31. The number of hydrogen-bond acceptors (Lipinski definition) is 3. The highest BCUT2D eigenvalue weighted by Crippen LogP contribution is 2.32. The van der Waals surface area contributed by atoms with Crippen LogP contribution in [0.2, 0.25) is 0 Å². The summed E-state index contributed by atoms with van der Waals surface area (Å²) in [6.07, 6.45) is 2.04. The summed E-state index contributed by atoms with van der Waals surface area (Å²) in [6.45, 7) is -0.775. The highest BCUT2D eigenvalue weighted by atomic mass is 19.3. The third-order valence-corrected chi connectivity index (χ3v) is 2.66. The van der Waals surface area contributed by atoms with E-state index in [0.29, 0.717) is 12.8 Å². The van der Waals surface area contributed by atoms with Crippen molar-refractivity contribution in [2.75, 3.05) is 0 Å². The Labute approximate surface area is 112 Å². The number of halogens is 3. The number of nitrogens with zero attached hydrogens (tertiary/aromatic N) is 2. The van der Waals surface area contributed by atoms with Crippen molar-refractivity contribution in [3.63, 3.8) is 0 Å². The SMILES string of the molecule is CCn1cc(C=O)c(-c2ccc(F)cc2OC(F)F)n1. The Morgan fingerprint density at radius 3 is 2.80 bits per heavy atom. The van der Waals surface area contributed by atoms with Crippen LogP contribution in [0.4, 0.5) is 13.2 Å². The first-order valence-electron chi connectivity index (χ1n) is 5.82. The molecule has 1 aromatic carbocycles. The van der Waals surface area contributed by atoms with Crippen molar-refractivity contribution in [2.24, 2.45) is 0 Å². The number of aryl methyl sites for hydroxylation is 1. The van der Waals surface area contributed by atoms with E-state index >= 15 is 0 Å². The van der Waals surface area contributed by atoms with Crippen LogP contribution in [-0.4, -0.2) is 22.7 Å². The second kappa shape index (κ2) is 5.77. The van der Waals surface area contributed by atoms with Gasteiger partial charge in [0.05, 0.1) is 5.56 Å². The quantitative estimate of drug-likeness (QED) is 0.792. The highest BCUT2D eigenvalue weighted by molar-refractivity contribution is 5.87. The lowest BCUT2D eigenvalue weighted by Gasteiger charge is -2.09. The van der Waals surface area contributed by atoms with E-state index < -0.39 is 12.4 Å². The molecule has 4 nitrogen and oxygen atoms in total. The summed E-state index contributed by atoms with van der Waals surface area (Å²) >= 11 is 0. The van der Waals surface area contributed by atoms with Gasteiger partial charge in [-0.25, -0.2) is 4.39 Å². The lowest BCUT2D eigenvalue weighted by Crippen LogP contribution is -2.04. The van der Waals surface area contributed by atoms with Crippen molar-refractivity contribution < 1.29 is 22.7 Å². The minimum Gasteiger partial charge on any atom is -0.434 e. The smallest absolute Gasteiger partial charge is 0.387 e. The highest BCUT2D eigenvalue weighted by Gasteiger charge is 2.18. The molecule has 7 heteroatoms. The molecule has 0 radical (unpaired) electrons. The molecule has 0 fully saturated rings. The summed E-state index contributed by atoms with van der Waals surface area (Å²) in [7, 11) is 0. The van der Waals surface area contributed by atoms with E-state index in [1.54, 1.807) is 0 Å². The maximum atomic E-state index is 13.1. The number of hydrogen-bond donors (Lipinski definition) is 0. The van der Waals surface area contributed by atoms with Crippen LogP contribution in [0.3, 0.4) is 0 Å². The molecule has 1 aromatic heterocycles. The van der Waals surface area contributed by atoms with Gasteiger partial charge in [0.25, 0.3) is 0 Å². The molecule has 1 heterocycles. The lowest BCUT2D eigenvalue weighted by molar-refractivity contribution is -0.0496. The molecular weight excluding hydrogens is 273 g/mol. The first-order chi connectivity index (χ1) is 9.55. The van der Waals surface area contributed by atoms with E-state index in [4.69, 9.17) is 0 Å². The van der Waals surface area contributed by atoms with Gasteiger partial charge in [-0.15, -0.1) is 0 Å². The third-order valence-electron chi connectivity index (χ3n) is 2.66. The van der Waals surface area contributed by atoms with Gasteiger partial charge in [0, 0.05) is 24.4 Å². The predicted molar refractivity (Wildman–Crippen MR) is 65.3 cm³/mol. The number of aldehydes is 1. The van der Waals surface area contributed by atoms with Gasteiger partial charge in [0.15, 0.2) is 6.29 Å². The van der Waals surface area contributed by atoms with Crippen LogP contribution >= 0.6 is 0 Å². The van der Waals surface area contributed by atoms with Gasteiger partial charge < -0.3 is 4.74 Å². The second-order valence-corrected chi connectivity index (χ2v) is 3.93.